The monoisotopic (exact) mass is 227 g/mol. The first-order valence-corrected chi connectivity index (χ1v) is 4.53. The normalized spacial score (nSPS) is 12.2. The molecule has 82 valence electrons. The predicted octanol–water partition coefficient (Wildman–Crippen LogP) is 2.88. The maximum Gasteiger partial charge on any atom is 0.134 e. The Balaban J connectivity index is 0.00000112. The number of hydrogen-bond donors (Lipinski definition) is 1. The number of halogens is 1. The van der Waals surface area contributed by atoms with E-state index in [4.69, 9.17) is 14.9 Å². The maximum absolute atomic E-state index is 5.81. The maximum atomic E-state index is 5.81. The van der Waals surface area contributed by atoms with Gasteiger partial charge < -0.3 is 14.9 Å². The number of hydrogen-bond acceptors (Lipinski definition) is 3. The summed E-state index contributed by atoms with van der Waals surface area (Å²) in [4.78, 5) is 0. The topological polar surface area (TPSA) is 48.4 Å². The average Bonchev–Trinajstić information content (AvgIpc) is 2.59. The van der Waals surface area contributed by atoms with Crippen LogP contribution in [0.15, 0.2) is 28.9 Å². The van der Waals surface area contributed by atoms with Gasteiger partial charge in [0.1, 0.15) is 11.3 Å². The van der Waals surface area contributed by atoms with E-state index in [0.717, 1.165) is 22.3 Å². The second-order valence-corrected chi connectivity index (χ2v) is 3.34. The lowest BCUT2D eigenvalue weighted by Crippen LogP contribution is -2.03. The van der Waals surface area contributed by atoms with Gasteiger partial charge in [-0.3, -0.25) is 0 Å². The molecule has 2 aromatic rings. The Hall–Kier alpha value is -1.19. The Morgan fingerprint density at radius 1 is 1.40 bits per heavy atom. The number of methoxy groups -OCH3 is 1. The molecular weight excluding hydrogens is 214 g/mol. The minimum Gasteiger partial charge on any atom is -0.497 e. The molecule has 0 saturated carbocycles. The molecule has 0 spiro atoms. The van der Waals surface area contributed by atoms with E-state index in [1.54, 1.807) is 13.4 Å². The van der Waals surface area contributed by atoms with Crippen LogP contribution in [0.25, 0.3) is 11.0 Å². The molecule has 0 saturated heterocycles. The van der Waals surface area contributed by atoms with Crippen LogP contribution in [-0.2, 0) is 0 Å². The van der Waals surface area contributed by atoms with E-state index in [9.17, 15) is 0 Å². The highest BCUT2D eigenvalue weighted by atomic mass is 35.5. The molecule has 1 aromatic carbocycles. The van der Waals surface area contributed by atoms with Crippen LogP contribution in [0.2, 0.25) is 0 Å². The molecule has 1 aromatic heterocycles. The van der Waals surface area contributed by atoms with Crippen molar-refractivity contribution in [1.82, 2.24) is 0 Å². The Morgan fingerprint density at radius 2 is 2.13 bits per heavy atom. The quantitative estimate of drug-likeness (QED) is 0.858. The molecular formula is C11H14ClNO2. The highest BCUT2D eigenvalue weighted by Gasteiger charge is 2.09. The summed E-state index contributed by atoms with van der Waals surface area (Å²) in [6.07, 6.45) is 1.70. The summed E-state index contributed by atoms with van der Waals surface area (Å²) >= 11 is 0. The molecule has 0 fully saturated rings. The second-order valence-electron chi connectivity index (χ2n) is 3.34. The molecule has 4 heteroatoms. The number of nitrogens with two attached hydrogens (primary N) is 1. The molecule has 2 N–H and O–H groups in total. The van der Waals surface area contributed by atoms with E-state index in [2.05, 4.69) is 0 Å². The second kappa shape index (κ2) is 4.55. The van der Waals surface area contributed by atoms with E-state index in [0.29, 0.717) is 0 Å². The van der Waals surface area contributed by atoms with Gasteiger partial charge in [-0.25, -0.2) is 0 Å². The average molecular weight is 228 g/mol. The fourth-order valence-electron chi connectivity index (χ4n) is 1.51. The zero-order valence-corrected chi connectivity index (χ0v) is 9.51. The van der Waals surface area contributed by atoms with Crippen molar-refractivity contribution in [3.8, 4) is 5.75 Å². The fraction of sp³-hybridized carbons (Fsp3) is 0.273. The third-order valence-electron chi connectivity index (χ3n) is 2.30. The first kappa shape index (κ1) is 11.9. The van der Waals surface area contributed by atoms with Crippen molar-refractivity contribution in [2.75, 3.05) is 7.11 Å². The first-order valence-electron chi connectivity index (χ1n) is 4.53. The molecule has 0 amide bonds. The van der Waals surface area contributed by atoms with Gasteiger partial charge in [-0.15, -0.1) is 12.4 Å². The number of furan rings is 1. The molecule has 0 aliphatic heterocycles. The van der Waals surface area contributed by atoms with Gasteiger partial charge in [-0.1, -0.05) is 0 Å². The van der Waals surface area contributed by atoms with Crippen molar-refractivity contribution in [3.05, 3.63) is 30.0 Å². The number of ether oxygens (including phenoxy) is 1. The molecule has 2 rings (SSSR count). The van der Waals surface area contributed by atoms with E-state index in [1.165, 1.54) is 0 Å². The minimum absolute atomic E-state index is 0. The van der Waals surface area contributed by atoms with Crippen LogP contribution >= 0.6 is 12.4 Å². The summed E-state index contributed by atoms with van der Waals surface area (Å²) in [5, 5.41) is 1.03. The third-order valence-corrected chi connectivity index (χ3v) is 2.30. The lowest BCUT2D eigenvalue weighted by molar-refractivity contribution is 0.415. The highest BCUT2D eigenvalue weighted by molar-refractivity contribution is 5.85. The van der Waals surface area contributed by atoms with Crippen molar-refractivity contribution in [3.63, 3.8) is 0 Å². The summed E-state index contributed by atoms with van der Waals surface area (Å²) in [6, 6.07) is 5.68. The van der Waals surface area contributed by atoms with Crippen LogP contribution in [0.4, 0.5) is 0 Å². The molecule has 1 unspecified atom stereocenters. The van der Waals surface area contributed by atoms with Crippen molar-refractivity contribution in [1.29, 1.82) is 0 Å². The highest BCUT2D eigenvalue weighted by Crippen LogP contribution is 2.28. The van der Waals surface area contributed by atoms with Gasteiger partial charge in [-0.2, -0.15) is 0 Å². The van der Waals surface area contributed by atoms with E-state index >= 15 is 0 Å². The van der Waals surface area contributed by atoms with E-state index in [1.807, 2.05) is 25.1 Å². The summed E-state index contributed by atoms with van der Waals surface area (Å²) in [7, 11) is 1.65. The summed E-state index contributed by atoms with van der Waals surface area (Å²) in [6.45, 7) is 1.93. The van der Waals surface area contributed by atoms with Crippen LogP contribution in [0, 0.1) is 0 Å². The Labute approximate surface area is 94.6 Å². The zero-order chi connectivity index (χ0) is 10.1. The van der Waals surface area contributed by atoms with Gasteiger partial charge >= 0.3 is 0 Å². The first-order chi connectivity index (χ1) is 6.72. The van der Waals surface area contributed by atoms with Gasteiger partial charge in [0.25, 0.3) is 0 Å². The van der Waals surface area contributed by atoms with Crippen molar-refractivity contribution in [2.24, 2.45) is 5.73 Å². The smallest absolute Gasteiger partial charge is 0.134 e. The van der Waals surface area contributed by atoms with Gasteiger partial charge in [0.05, 0.1) is 13.4 Å². The summed E-state index contributed by atoms with van der Waals surface area (Å²) in [5.74, 6) is 0.820. The van der Waals surface area contributed by atoms with Gasteiger partial charge in [0.15, 0.2) is 0 Å². The van der Waals surface area contributed by atoms with Gasteiger partial charge in [0, 0.05) is 17.0 Å². The molecule has 0 aliphatic carbocycles. The Kier molecular flexibility index (Phi) is 3.61. The molecule has 3 nitrogen and oxygen atoms in total. The largest absolute Gasteiger partial charge is 0.497 e. The Bertz CT molecular complexity index is 451. The molecule has 0 aliphatic rings. The zero-order valence-electron chi connectivity index (χ0n) is 8.69. The van der Waals surface area contributed by atoms with E-state index < -0.39 is 0 Å². The molecule has 15 heavy (non-hydrogen) atoms. The third kappa shape index (κ3) is 2.08. The summed E-state index contributed by atoms with van der Waals surface area (Å²) in [5.41, 5.74) is 7.67. The fourth-order valence-corrected chi connectivity index (χ4v) is 1.51. The van der Waals surface area contributed by atoms with Crippen LogP contribution < -0.4 is 10.5 Å². The predicted molar refractivity (Wildman–Crippen MR) is 62.6 cm³/mol. The van der Waals surface area contributed by atoms with Crippen molar-refractivity contribution >= 4 is 23.4 Å². The van der Waals surface area contributed by atoms with Gasteiger partial charge in [0.2, 0.25) is 0 Å². The number of fused-ring (bicyclic) bond motifs is 1. The Morgan fingerprint density at radius 3 is 2.73 bits per heavy atom. The van der Waals surface area contributed by atoms with Gasteiger partial charge in [-0.05, 0) is 25.1 Å². The summed E-state index contributed by atoms with van der Waals surface area (Å²) < 4.78 is 10.5. The molecule has 1 atom stereocenters. The number of rotatable bonds is 2. The van der Waals surface area contributed by atoms with Crippen molar-refractivity contribution < 1.29 is 9.15 Å². The molecule has 0 radical (unpaired) electrons. The van der Waals surface area contributed by atoms with E-state index in [-0.39, 0.29) is 18.4 Å². The minimum atomic E-state index is -0.0247. The van der Waals surface area contributed by atoms with Crippen LogP contribution in [0.5, 0.6) is 5.75 Å². The lowest BCUT2D eigenvalue weighted by Gasteiger charge is -2.02. The molecule has 1 heterocycles. The standard InChI is InChI=1S/C11H13NO2.ClH/c1-7(12)10-6-14-11-4-3-8(13-2)5-9(10)11;/h3-7H,12H2,1-2H3;1H. The van der Waals surface area contributed by atoms with Crippen LogP contribution in [0.3, 0.4) is 0 Å². The lowest BCUT2D eigenvalue weighted by atomic mass is 10.1. The SMILES string of the molecule is COc1ccc2occ(C(C)N)c2c1.Cl. The number of benzene rings is 1. The van der Waals surface area contributed by atoms with Crippen LogP contribution in [-0.4, -0.2) is 7.11 Å². The van der Waals surface area contributed by atoms with Crippen LogP contribution in [0.1, 0.15) is 18.5 Å². The van der Waals surface area contributed by atoms with Crippen molar-refractivity contribution in [2.45, 2.75) is 13.0 Å². The molecule has 0 bridgehead atoms.